The predicted molar refractivity (Wildman–Crippen MR) is 63.8 cm³/mol. The molecule has 86 valence electrons. The van der Waals surface area contributed by atoms with Crippen LogP contribution in [0.2, 0.25) is 0 Å². The van der Waals surface area contributed by atoms with Crippen LogP contribution in [-0.4, -0.2) is 30.0 Å². The quantitative estimate of drug-likeness (QED) is 0.716. The summed E-state index contributed by atoms with van der Waals surface area (Å²) in [6.45, 7) is 5.60. The molecule has 1 heterocycles. The first-order chi connectivity index (χ1) is 7.05. The standard InChI is InChI=1S/C12H23N3/c1-9(2)10-4-6-12(7-5-10)8-14-11(13)15(12)3/h9-10H,4-8H2,1-3H3,(H2,13,14). The summed E-state index contributed by atoms with van der Waals surface area (Å²) in [4.78, 5) is 6.60. The minimum Gasteiger partial charge on any atom is -0.370 e. The third kappa shape index (κ3) is 1.72. The van der Waals surface area contributed by atoms with E-state index in [1.807, 2.05) is 0 Å². The molecule has 0 aromatic rings. The molecule has 1 saturated carbocycles. The second kappa shape index (κ2) is 3.69. The maximum Gasteiger partial charge on any atom is 0.191 e. The minimum atomic E-state index is 0.273. The zero-order chi connectivity index (χ0) is 11.1. The summed E-state index contributed by atoms with van der Waals surface area (Å²) in [5, 5.41) is 0. The molecule has 2 aliphatic rings. The maximum absolute atomic E-state index is 5.85. The first-order valence-corrected chi connectivity index (χ1v) is 6.09. The Hall–Kier alpha value is -0.730. The average molecular weight is 209 g/mol. The van der Waals surface area contributed by atoms with Crippen LogP contribution in [0.25, 0.3) is 0 Å². The van der Waals surface area contributed by atoms with Crippen LogP contribution in [0.15, 0.2) is 4.99 Å². The lowest BCUT2D eigenvalue weighted by Crippen LogP contribution is -2.51. The van der Waals surface area contributed by atoms with Gasteiger partial charge in [-0.1, -0.05) is 13.8 Å². The molecule has 0 saturated heterocycles. The van der Waals surface area contributed by atoms with Crippen molar-refractivity contribution in [2.24, 2.45) is 22.6 Å². The molecule has 3 nitrogen and oxygen atoms in total. The van der Waals surface area contributed by atoms with Crippen LogP contribution < -0.4 is 5.73 Å². The van der Waals surface area contributed by atoms with E-state index < -0.39 is 0 Å². The summed E-state index contributed by atoms with van der Waals surface area (Å²) in [6, 6.07) is 0. The topological polar surface area (TPSA) is 41.6 Å². The molecule has 1 fully saturated rings. The highest BCUT2D eigenvalue weighted by Crippen LogP contribution is 2.40. The Kier molecular flexibility index (Phi) is 2.65. The number of nitrogens with two attached hydrogens (primary N) is 1. The van der Waals surface area contributed by atoms with E-state index in [-0.39, 0.29) is 5.54 Å². The third-order valence-corrected chi connectivity index (χ3v) is 4.49. The average Bonchev–Trinajstić information content (AvgIpc) is 2.48. The number of rotatable bonds is 1. The van der Waals surface area contributed by atoms with Gasteiger partial charge in [-0.15, -0.1) is 0 Å². The first kappa shape index (κ1) is 10.8. The fraction of sp³-hybridized carbons (Fsp3) is 0.917. The second-order valence-electron chi connectivity index (χ2n) is 5.54. The highest BCUT2D eigenvalue weighted by atomic mass is 15.3. The van der Waals surface area contributed by atoms with Crippen molar-refractivity contribution >= 4 is 5.96 Å². The van der Waals surface area contributed by atoms with Gasteiger partial charge in [0.2, 0.25) is 0 Å². The number of aliphatic imine (C=N–C) groups is 1. The van der Waals surface area contributed by atoms with Crippen LogP contribution in [0.3, 0.4) is 0 Å². The van der Waals surface area contributed by atoms with Crippen molar-refractivity contribution in [2.75, 3.05) is 13.6 Å². The van der Waals surface area contributed by atoms with Crippen LogP contribution in [0, 0.1) is 11.8 Å². The third-order valence-electron chi connectivity index (χ3n) is 4.49. The first-order valence-electron chi connectivity index (χ1n) is 6.09. The Balaban J connectivity index is 1.99. The monoisotopic (exact) mass is 209 g/mol. The van der Waals surface area contributed by atoms with Crippen molar-refractivity contribution in [3.8, 4) is 0 Å². The molecule has 1 aliphatic heterocycles. The molecule has 15 heavy (non-hydrogen) atoms. The van der Waals surface area contributed by atoms with E-state index in [4.69, 9.17) is 5.73 Å². The lowest BCUT2D eigenvalue weighted by atomic mass is 9.72. The van der Waals surface area contributed by atoms with Crippen molar-refractivity contribution in [3.63, 3.8) is 0 Å². The molecule has 2 rings (SSSR count). The molecule has 0 atom stereocenters. The zero-order valence-electron chi connectivity index (χ0n) is 10.2. The molecule has 0 bridgehead atoms. The zero-order valence-corrected chi connectivity index (χ0v) is 10.2. The largest absolute Gasteiger partial charge is 0.370 e. The van der Waals surface area contributed by atoms with Gasteiger partial charge in [-0.05, 0) is 37.5 Å². The second-order valence-corrected chi connectivity index (χ2v) is 5.54. The number of hydrogen-bond donors (Lipinski definition) is 1. The molecule has 1 aliphatic carbocycles. The fourth-order valence-electron chi connectivity index (χ4n) is 3.02. The molecule has 1 spiro atoms. The van der Waals surface area contributed by atoms with Crippen LogP contribution in [0.4, 0.5) is 0 Å². The molecule has 2 N–H and O–H groups in total. The van der Waals surface area contributed by atoms with E-state index in [9.17, 15) is 0 Å². The Bertz CT molecular complexity index is 262. The summed E-state index contributed by atoms with van der Waals surface area (Å²) in [6.07, 6.45) is 5.20. The molecular weight excluding hydrogens is 186 g/mol. The van der Waals surface area contributed by atoms with Gasteiger partial charge in [-0.2, -0.15) is 0 Å². The summed E-state index contributed by atoms with van der Waals surface area (Å²) in [5.74, 6) is 2.47. The van der Waals surface area contributed by atoms with Crippen molar-refractivity contribution in [1.29, 1.82) is 0 Å². The van der Waals surface area contributed by atoms with Gasteiger partial charge < -0.3 is 10.6 Å². The summed E-state index contributed by atoms with van der Waals surface area (Å²) < 4.78 is 0. The number of nitrogens with zero attached hydrogens (tertiary/aromatic N) is 2. The van der Waals surface area contributed by atoms with E-state index >= 15 is 0 Å². The summed E-state index contributed by atoms with van der Waals surface area (Å²) >= 11 is 0. The molecule has 0 radical (unpaired) electrons. The normalized spacial score (nSPS) is 36.4. The van der Waals surface area contributed by atoms with E-state index in [0.717, 1.165) is 24.3 Å². The van der Waals surface area contributed by atoms with Crippen LogP contribution >= 0.6 is 0 Å². The van der Waals surface area contributed by atoms with Gasteiger partial charge in [-0.25, -0.2) is 0 Å². The molecule has 0 unspecified atom stereocenters. The maximum atomic E-state index is 5.85. The molecule has 0 aromatic heterocycles. The van der Waals surface area contributed by atoms with E-state index in [2.05, 4.69) is 30.8 Å². The van der Waals surface area contributed by atoms with Crippen molar-refractivity contribution in [1.82, 2.24) is 4.90 Å². The van der Waals surface area contributed by atoms with E-state index in [0.29, 0.717) is 0 Å². The predicted octanol–water partition coefficient (Wildman–Crippen LogP) is 1.83. The van der Waals surface area contributed by atoms with E-state index in [1.54, 1.807) is 0 Å². The van der Waals surface area contributed by atoms with Crippen LogP contribution in [-0.2, 0) is 0 Å². The van der Waals surface area contributed by atoms with Gasteiger partial charge in [0.05, 0.1) is 12.1 Å². The van der Waals surface area contributed by atoms with Crippen molar-refractivity contribution in [3.05, 3.63) is 0 Å². The number of likely N-dealkylation sites (N-methyl/N-ethyl adjacent to an activating group) is 1. The molecule has 0 amide bonds. The SMILES string of the molecule is CC(C)C1CCC2(CC1)CN=C(N)N2C. The van der Waals surface area contributed by atoms with Gasteiger partial charge in [-0.3, -0.25) is 4.99 Å². The summed E-state index contributed by atoms with van der Waals surface area (Å²) in [7, 11) is 2.10. The Morgan fingerprint density at radius 3 is 2.40 bits per heavy atom. The number of guanidine groups is 1. The lowest BCUT2D eigenvalue weighted by molar-refractivity contribution is 0.118. The highest BCUT2D eigenvalue weighted by Gasteiger charge is 2.42. The van der Waals surface area contributed by atoms with Crippen molar-refractivity contribution < 1.29 is 0 Å². The Morgan fingerprint density at radius 2 is 2.00 bits per heavy atom. The smallest absolute Gasteiger partial charge is 0.191 e. The Labute approximate surface area is 92.7 Å². The summed E-state index contributed by atoms with van der Waals surface area (Å²) in [5.41, 5.74) is 6.13. The van der Waals surface area contributed by atoms with Gasteiger partial charge in [0, 0.05) is 7.05 Å². The fourth-order valence-corrected chi connectivity index (χ4v) is 3.02. The molecule has 0 aromatic carbocycles. The Morgan fingerprint density at radius 1 is 1.40 bits per heavy atom. The lowest BCUT2D eigenvalue weighted by Gasteiger charge is -2.43. The van der Waals surface area contributed by atoms with Crippen LogP contribution in [0.1, 0.15) is 39.5 Å². The van der Waals surface area contributed by atoms with Crippen molar-refractivity contribution in [2.45, 2.75) is 45.1 Å². The van der Waals surface area contributed by atoms with Gasteiger partial charge in [0.25, 0.3) is 0 Å². The minimum absolute atomic E-state index is 0.273. The van der Waals surface area contributed by atoms with Crippen LogP contribution in [0.5, 0.6) is 0 Å². The van der Waals surface area contributed by atoms with Gasteiger partial charge in [0.15, 0.2) is 5.96 Å². The molecule has 3 heteroatoms. The van der Waals surface area contributed by atoms with Gasteiger partial charge >= 0.3 is 0 Å². The number of hydrogen-bond acceptors (Lipinski definition) is 3. The molecular formula is C12H23N3. The highest BCUT2D eigenvalue weighted by molar-refractivity contribution is 5.80. The van der Waals surface area contributed by atoms with E-state index in [1.165, 1.54) is 25.7 Å². The van der Waals surface area contributed by atoms with Gasteiger partial charge in [0.1, 0.15) is 0 Å².